The Labute approximate surface area is 90.9 Å². The van der Waals surface area contributed by atoms with Crippen molar-refractivity contribution in [2.24, 2.45) is 0 Å². The van der Waals surface area contributed by atoms with E-state index in [1.54, 1.807) is 4.68 Å². The van der Waals surface area contributed by atoms with Crippen molar-refractivity contribution >= 4 is 15.9 Å². The molecule has 1 aromatic heterocycles. The van der Waals surface area contributed by atoms with Crippen LogP contribution in [0.15, 0.2) is 36.5 Å². The summed E-state index contributed by atoms with van der Waals surface area (Å²) in [7, 11) is 0. The smallest absolute Gasteiger partial charge is 0.0840 e. The van der Waals surface area contributed by atoms with Crippen molar-refractivity contribution in [2.75, 3.05) is 5.33 Å². The van der Waals surface area contributed by atoms with E-state index in [4.69, 9.17) is 0 Å². The van der Waals surface area contributed by atoms with Crippen LogP contribution in [0.5, 0.6) is 0 Å². The van der Waals surface area contributed by atoms with E-state index in [1.165, 1.54) is 0 Å². The van der Waals surface area contributed by atoms with Crippen molar-refractivity contribution < 1.29 is 0 Å². The largest absolute Gasteiger partial charge is 0.220 e. The molecule has 1 heterocycles. The Kier molecular flexibility index (Phi) is 2.93. The van der Waals surface area contributed by atoms with Gasteiger partial charge >= 0.3 is 0 Å². The molecule has 2 aromatic rings. The zero-order chi connectivity index (χ0) is 9.80. The second-order valence-corrected chi connectivity index (χ2v) is 3.72. The summed E-state index contributed by atoms with van der Waals surface area (Å²) in [5.41, 5.74) is 2.05. The van der Waals surface area contributed by atoms with Crippen LogP contribution in [0.3, 0.4) is 0 Å². The maximum Gasteiger partial charge on any atom is 0.0840 e. The summed E-state index contributed by atoms with van der Waals surface area (Å²) in [4.78, 5) is 0. The molecule has 0 amide bonds. The van der Waals surface area contributed by atoms with Crippen LogP contribution in [0.4, 0.5) is 0 Å². The summed E-state index contributed by atoms with van der Waals surface area (Å²) >= 11 is 3.37. The lowest BCUT2D eigenvalue weighted by Crippen LogP contribution is -1.93. The molecule has 0 N–H and O–H groups in total. The fraction of sp³-hybridized carbons (Fsp3) is 0.200. The fourth-order valence-electron chi connectivity index (χ4n) is 1.22. The molecule has 0 saturated heterocycles. The molecule has 14 heavy (non-hydrogen) atoms. The molecular formula is C10H10BrN3. The third-order valence-electron chi connectivity index (χ3n) is 1.91. The van der Waals surface area contributed by atoms with Gasteiger partial charge in [-0.15, -0.1) is 5.10 Å². The van der Waals surface area contributed by atoms with E-state index < -0.39 is 0 Å². The van der Waals surface area contributed by atoms with Crippen molar-refractivity contribution in [3.8, 4) is 5.69 Å². The molecule has 0 radical (unpaired) electrons. The van der Waals surface area contributed by atoms with Gasteiger partial charge in [-0.25, -0.2) is 4.68 Å². The van der Waals surface area contributed by atoms with Gasteiger partial charge in [-0.2, -0.15) is 0 Å². The van der Waals surface area contributed by atoms with E-state index in [0.717, 1.165) is 23.1 Å². The summed E-state index contributed by atoms with van der Waals surface area (Å²) in [5, 5.41) is 9.03. The van der Waals surface area contributed by atoms with E-state index in [1.807, 2.05) is 36.5 Å². The van der Waals surface area contributed by atoms with Crippen molar-refractivity contribution in [2.45, 2.75) is 6.42 Å². The Morgan fingerprint density at radius 1 is 1.21 bits per heavy atom. The zero-order valence-corrected chi connectivity index (χ0v) is 9.18. The Hall–Kier alpha value is -1.16. The number of benzene rings is 1. The third kappa shape index (κ3) is 2.01. The highest BCUT2D eigenvalue weighted by molar-refractivity contribution is 9.09. The number of alkyl halides is 1. The molecular weight excluding hydrogens is 242 g/mol. The van der Waals surface area contributed by atoms with Gasteiger partial charge in [0.05, 0.1) is 17.6 Å². The fourth-order valence-corrected chi connectivity index (χ4v) is 1.62. The first-order valence-electron chi connectivity index (χ1n) is 4.43. The first-order chi connectivity index (χ1) is 6.90. The van der Waals surface area contributed by atoms with E-state index in [0.29, 0.717) is 0 Å². The molecule has 0 spiro atoms. The molecule has 3 nitrogen and oxygen atoms in total. The average molecular weight is 252 g/mol. The Morgan fingerprint density at radius 2 is 2.00 bits per heavy atom. The van der Waals surface area contributed by atoms with Crippen LogP contribution in [0, 0.1) is 0 Å². The molecule has 0 aliphatic heterocycles. The highest BCUT2D eigenvalue weighted by Crippen LogP contribution is 2.06. The van der Waals surface area contributed by atoms with Gasteiger partial charge in [-0.05, 0) is 12.1 Å². The van der Waals surface area contributed by atoms with Gasteiger partial charge in [0, 0.05) is 11.8 Å². The summed E-state index contributed by atoms with van der Waals surface area (Å²) in [6.07, 6.45) is 2.86. The highest BCUT2D eigenvalue weighted by atomic mass is 79.9. The zero-order valence-electron chi connectivity index (χ0n) is 7.60. The Balaban J connectivity index is 2.25. The maximum atomic E-state index is 4.07. The number of para-hydroxylation sites is 1. The third-order valence-corrected chi connectivity index (χ3v) is 2.31. The normalized spacial score (nSPS) is 10.4. The van der Waals surface area contributed by atoms with Crippen LogP contribution < -0.4 is 0 Å². The molecule has 1 aromatic carbocycles. The second kappa shape index (κ2) is 4.37. The molecule has 0 atom stereocenters. The molecule has 2 rings (SSSR count). The minimum atomic E-state index is 0.910. The summed E-state index contributed by atoms with van der Waals surface area (Å²) < 4.78 is 1.79. The quantitative estimate of drug-likeness (QED) is 0.784. The summed E-state index contributed by atoms with van der Waals surface area (Å²) in [5.74, 6) is 0. The predicted molar refractivity (Wildman–Crippen MR) is 58.9 cm³/mol. The number of halogens is 1. The first kappa shape index (κ1) is 9.40. The van der Waals surface area contributed by atoms with Gasteiger partial charge in [0.1, 0.15) is 0 Å². The van der Waals surface area contributed by atoms with Crippen LogP contribution in [0.25, 0.3) is 5.69 Å². The Morgan fingerprint density at radius 3 is 2.71 bits per heavy atom. The van der Waals surface area contributed by atoms with E-state index in [9.17, 15) is 0 Å². The SMILES string of the molecule is BrCCc1cn(-c2ccccc2)nn1. The number of hydrogen-bond acceptors (Lipinski definition) is 2. The molecule has 0 saturated carbocycles. The highest BCUT2D eigenvalue weighted by Gasteiger charge is 2.00. The van der Waals surface area contributed by atoms with Crippen molar-refractivity contribution in [1.29, 1.82) is 0 Å². The van der Waals surface area contributed by atoms with Crippen LogP contribution in [-0.4, -0.2) is 20.3 Å². The van der Waals surface area contributed by atoms with Crippen molar-refractivity contribution in [1.82, 2.24) is 15.0 Å². The molecule has 0 aliphatic carbocycles. The van der Waals surface area contributed by atoms with Gasteiger partial charge < -0.3 is 0 Å². The minimum Gasteiger partial charge on any atom is -0.220 e. The van der Waals surface area contributed by atoms with Crippen molar-refractivity contribution in [3.05, 3.63) is 42.2 Å². The average Bonchev–Trinajstić information content (AvgIpc) is 2.68. The van der Waals surface area contributed by atoms with E-state index in [2.05, 4.69) is 26.2 Å². The topological polar surface area (TPSA) is 30.7 Å². The number of nitrogens with zero attached hydrogens (tertiary/aromatic N) is 3. The lowest BCUT2D eigenvalue weighted by atomic mass is 10.3. The van der Waals surface area contributed by atoms with Crippen LogP contribution >= 0.6 is 15.9 Å². The first-order valence-corrected chi connectivity index (χ1v) is 5.55. The minimum absolute atomic E-state index is 0.910. The lowest BCUT2D eigenvalue weighted by Gasteiger charge is -1.96. The number of hydrogen-bond donors (Lipinski definition) is 0. The van der Waals surface area contributed by atoms with Crippen molar-refractivity contribution in [3.63, 3.8) is 0 Å². The van der Waals surface area contributed by atoms with Gasteiger partial charge in [-0.3, -0.25) is 0 Å². The van der Waals surface area contributed by atoms with Crippen LogP contribution in [0.2, 0.25) is 0 Å². The molecule has 0 bridgehead atoms. The van der Waals surface area contributed by atoms with Crippen LogP contribution in [0.1, 0.15) is 5.69 Å². The summed E-state index contributed by atoms with van der Waals surface area (Å²) in [6.45, 7) is 0. The second-order valence-electron chi connectivity index (χ2n) is 2.93. The Bertz CT molecular complexity index is 397. The standard InChI is InChI=1S/C10H10BrN3/c11-7-6-9-8-14(13-12-9)10-4-2-1-3-5-10/h1-5,8H,6-7H2. The maximum absolute atomic E-state index is 4.07. The predicted octanol–water partition coefficient (Wildman–Crippen LogP) is 2.20. The van der Waals surface area contributed by atoms with E-state index >= 15 is 0 Å². The number of aromatic nitrogens is 3. The molecule has 0 aliphatic rings. The van der Waals surface area contributed by atoms with Gasteiger partial charge in [0.25, 0.3) is 0 Å². The molecule has 0 fully saturated rings. The van der Waals surface area contributed by atoms with E-state index in [-0.39, 0.29) is 0 Å². The molecule has 0 unspecified atom stereocenters. The lowest BCUT2D eigenvalue weighted by molar-refractivity contribution is 0.798. The van der Waals surface area contributed by atoms with Gasteiger partial charge in [0.15, 0.2) is 0 Å². The van der Waals surface area contributed by atoms with Gasteiger partial charge in [-0.1, -0.05) is 39.3 Å². The number of rotatable bonds is 3. The number of aryl methyl sites for hydroxylation is 1. The van der Waals surface area contributed by atoms with Gasteiger partial charge in [0.2, 0.25) is 0 Å². The molecule has 4 heteroatoms. The van der Waals surface area contributed by atoms with Crippen LogP contribution in [-0.2, 0) is 6.42 Å². The monoisotopic (exact) mass is 251 g/mol. The summed E-state index contributed by atoms with van der Waals surface area (Å²) in [6, 6.07) is 9.97. The molecule has 72 valence electrons.